The van der Waals surface area contributed by atoms with Crippen molar-refractivity contribution in [1.29, 1.82) is 0 Å². The lowest BCUT2D eigenvalue weighted by Gasteiger charge is -2.28. The van der Waals surface area contributed by atoms with Crippen molar-refractivity contribution in [3.8, 4) is 5.75 Å². The number of rotatable bonds is 3. The maximum Gasteiger partial charge on any atom is 0.573 e. The van der Waals surface area contributed by atoms with Crippen LogP contribution in [-0.4, -0.2) is 39.6 Å². The molecule has 0 spiro atoms. The molecule has 0 atom stereocenters. The summed E-state index contributed by atoms with van der Waals surface area (Å²) in [5.74, 6) is -1.78. The summed E-state index contributed by atoms with van der Waals surface area (Å²) in [6.07, 6.45) is -1.66. The first-order valence-corrected chi connectivity index (χ1v) is 7.45. The summed E-state index contributed by atoms with van der Waals surface area (Å²) in [6, 6.07) is 4.64. The molecule has 10 heteroatoms. The monoisotopic (exact) mass is 365 g/mol. The molecular weight excluding hydrogens is 353 g/mol. The lowest BCUT2D eigenvalue weighted by molar-refractivity contribution is -0.274. The standard InChI is InChI=1S/C16H12F3N4O3/c17-16(18,19)26-11-3-1-9(2-4-11)15(25)23-6-5-10-7-21-14(13(20)24)22-12(10)8-23/h1-4H,5-6,8H2,(H2,20,24). The van der Waals surface area contributed by atoms with Gasteiger partial charge in [0.2, 0.25) is 5.82 Å². The molecule has 1 aromatic carbocycles. The van der Waals surface area contributed by atoms with Crippen molar-refractivity contribution < 1.29 is 27.5 Å². The summed E-state index contributed by atoms with van der Waals surface area (Å²) in [4.78, 5) is 32.9. The molecule has 2 amide bonds. The molecule has 2 N–H and O–H groups in total. The van der Waals surface area contributed by atoms with Crippen LogP contribution in [-0.2, 0) is 13.0 Å². The third-order valence-corrected chi connectivity index (χ3v) is 3.70. The minimum Gasteiger partial charge on any atom is -0.406 e. The van der Waals surface area contributed by atoms with E-state index in [1.807, 2.05) is 0 Å². The summed E-state index contributed by atoms with van der Waals surface area (Å²) in [5.41, 5.74) is 6.49. The Balaban J connectivity index is 1.75. The molecule has 0 saturated heterocycles. The molecule has 0 aliphatic carbocycles. The average molecular weight is 365 g/mol. The second-order valence-corrected chi connectivity index (χ2v) is 5.50. The molecule has 1 aromatic heterocycles. The van der Waals surface area contributed by atoms with Crippen LogP contribution >= 0.6 is 0 Å². The zero-order chi connectivity index (χ0) is 18.9. The van der Waals surface area contributed by atoms with Crippen LogP contribution in [0.1, 0.15) is 32.2 Å². The van der Waals surface area contributed by atoms with E-state index < -0.39 is 18.0 Å². The normalized spacial score (nSPS) is 13.9. The van der Waals surface area contributed by atoms with Crippen molar-refractivity contribution in [1.82, 2.24) is 14.9 Å². The van der Waals surface area contributed by atoms with Crippen molar-refractivity contribution in [3.63, 3.8) is 0 Å². The minimum atomic E-state index is -4.80. The van der Waals surface area contributed by atoms with Crippen molar-refractivity contribution >= 4 is 11.8 Å². The molecule has 26 heavy (non-hydrogen) atoms. The van der Waals surface area contributed by atoms with Crippen LogP contribution in [0.4, 0.5) is 13.2 Å². The average Bonchev–Trinajstić information content (AvgIpc) is 2.59. The number of carbonyl (C=O) groups is 2. The van der Waals surface area contributed by atoms with Gasteiger partial charge in [-0.3, -0.25) is 9.59 Å². The van der Waals surface area contributed by atoms with Crippen LogP contribution in [0.3, 0.4) is 0 Å². The summed E-state index contributed by atoms with van der Waals surface area (Å²) in [6.45, 7) is 0.483. The van der Waals surface area contributed by atoms with Crippen LogP contribution in [0.2, 0.25) is 0 Å². The highest BCUT2D eigenvalue weighted by atomic mass is 19.4. The number of hydrogen-bond donors (Lipinski definition) is 1. The number of alkyl halides is 3. The maximum absolute atomic E-state index is 12.5. The minimum absolute atomic E-state index is 0.119. The van der Waals surface area contributed by atoms with Gasteiger partial charge in [-0.05, 0) is 30.7 Å². The Morgan fingerprint density at radius 1 is 1.23 bits per heavy atom. The van der Waals surface area contributed by atoms with Gasteiger partial charge in [-0.15, -0.1) is 13.2 Å². The maximum atomic E-state index is 12.5. The number of carbonyl (C=O) groups excluding carboxylic acids is 2. The molecule has 0 unspecified atom stereocenters. The molecule has 7 nitrogen and oxygen atoms in total. The number of halogens is 3. The van der Waals surface area contributed by atoms with E-state index in [-0.39, 0.29) is 23.8 Å². The zero-order valence-electron chi connectivity index (χ0n) is 13.2. The molecule has 0 bridgehead atoms. The topological polar surface area (TPSA) is 98.4 Å². The molecule has 1 aliphatic rings. The summed E-state index contributed by atoms with van der Waals surface area (Å²) >= 11 is 0. The largest absolute Gasteiger partial charge is 0.573 e. The van der Waals surface area contributed by atoms with E-state index in [4.69, 9.17) is 5.73 Å². The van der Waals surface area contributed by atoms with Gasteiger partial charge < -0.3 is 15.4 Å². The van der Waals surface area contributed by atoms with Gasteiger partial charge in [0.25, 0.3) is 11.8 Å². The first-order valence-electron chi connectivity index (χ1n) is 7.45. The number of ether oxygens (including phenoxy) is 1. The van der Waals surface area contributed by atoms with E-state index in [0.717, 1.165) is 12.1 Å². The van der Waals surface area contributed by atoms with Crippen LogP contribution in [0.25, 0.3) is 0 Å². The van der Waals surface area contributed by atoms with E-state index >= 15 is 0 Å². The van der Waals surface area contributed by atoms with Crippen LogP contribution in [0.15, 0.2) is 24.3 Å². The molecule has 1 radical (unpaired) electrons. The molecule has 3 rings (SSSR count). The van der Waals surface area contributed by atoms with E-state index in [0.29, 0.717) is 24.2 Å². The van der Waals surface area contributed by atoms with Crippen LogP contribution in [0.5, 0.6) is 5.75 Å². The van der Waals surface area contributed by atoms with Gasteiger partial charge in [0, 0.05) is 17.7 Å². The number of fused-ring (bicyclic) bond motifs is 1. The Bertz CT molecular complexity index is 853. The number of primary amides is 1. The second-order valence-electron chi connectivity index (χ2n) is 5.50. The summed E-state index contributed by atoms with van der Waals surface area (Å²) < 4.78 is 40.3. The van der Waals surface area contributed by atoms with Gasteiger partial charge >= 0.3 is 6.36 Å². The number of benzene rings is 1. The van der Waals surface area contributed by atoms with Gasteiger partial charge in [0.15, 0.2) is 0 Å². The first kappa shape index (κ1) is 17.6. The quantitative estimate of drug-likeness (QED) is 0.888. The van der Waals surface area contributed by atoms with Crippen LogP contribution in [0, 0.1) is 6.20 Å². The fourth-order valence-electron chi connectivity index (χ4n) is 2.51. The fourth-order valence-corrected chi connectivity index (χ4v) is 2.51. The van der Waals surface area contributed by atoms with Crippen LogP contribution < -0.4 is 10.5 Å². The zero-order valence-corrected chi connectivity index (χ0v) is 13.2. The van der Waals surface area contributed by atoms with Crippen molar-refractivity contribution in [2.75, 3.05) is 6.54 Å². The third kappa shape index (κ3) is 3.90. The van der Waals surface area contributed by atoms with E-state index in [1.165, 1.54) is 17.0 Å². The number of aromatic nitrogens is 2. The number of amides is 2. The van der Waals surface area contributed by atoms with E-state index in [1.54, 1.807) is 0 Å². The van der Waals surface area contributed by atoms with Gasteiger partial charge in [-0.1, -0.05) is 0 Å². The van der Waals surface area contributed by atoms with E-state index in [2.05, 4.69) is 20.9 Å². The lowest BCUT2D eigenvalue weighted by atomic mass is 10.1. The van der Waals surface area contributed by atoms with E-state index in [9.17, 15) is 22.8 Å². The predicted octanol–water partition coefficient (Wildman–Crippen LogP) is 1.47. The van der Waals surface area contributed by atoms with Gasteiger partial charge in [-0.25, -0.2) is 9.97 Å². The Labute approximate surface area is 145 Å². The summed E-state index contributed by atoms with van der Waals surface area (Å²) in [7, 11) is 0. The second kappa shape index (κ2) is 6.62. The van der Waals surface area contributed by atoms with Crippen molar-refractivity contribution in [3.05, 3.63) is 53.1 Å². The molecular formula is C16H12F3N4O3. The first-order chi connectivity index (χ1) is 12.2. The number of nitrogens with zero attached hydrogens (tertiary/aromatic N) is 3. The van der Waals surface area contributed by atoms with Gasteiger partial charge in [-0.2, -0.15) is 0 Å². The van der Waals surface area contributed by atoms with Crippen molar-refractivity contribution in [2.45, 2.75) is 19.3 Å². The lowest BCUT2D eigenvalue weighted by Crippen LogP contribution is -2.37. The predicted molar refractivity (Wildman–Crippen MR) is 81.0 cm³/mol. The molecule has 2 heterocycles. The highest BCUT2D eigenvalue weighted by molar-refractivity contribution is 5.94. The highest BCUT2D eigenvalue weighted by Gasteiger charge is 2.31. The van der Waals surface area contributed by atoms with Gasteiger partial charge in [0.1, 0.15) is 5.75 Å². The smallest absolute Gasteiger partial charge is 0.406 e. The molecule has 2 aromatic rings. The Kier molecular flexibility index (Phi) is 4.49. The number of hydrogen-bond acceptors (Lipinski definition) is 5. The third-order valence-electron chi connectivity index (χ3n) is 3.70. The van der Waals surface area contributed by atoms with Crippen molar-refractivity contribution in [2.24, 2.45) is 5.73 Å². The molecule has 0 fully saturated rings. The Morgan fingerprint density at radius 3 is 2.54 bits per heavy atom. The SMILES string of the molecule is NC(=O)c1n[c]c2c(n1)CN(C(=O)c1ccc(OC(F)(F)F)cc1)CC2. The Morgan fingerprint density at radius 2 is 1.92 bits per heavy atom. The number of nitrogens with two attached hydrogens (primary N) is 1. The summed E-state index contributed by atoms with van der Waals surface area (Å²) in [5, 5.41) is 0. The fraction of sp³-hybridized carbons (Fsp3) is 0.250. The highest BCUT2D eigenvalue weighted by Crippen LogP contribution is 2.24. The molecule has 0 saturated carbocycles. The van der Waals surface area contributed by atoms with Gasteiger partial charge in [0.05, 0.1) is 18.4 Å². The molecule has 1 aliphatic heterocycles. The Hall–Kier alpha value is -3.17. The molecule has 135 valence electrons.